The number of carbonyl (C=O) groups excluding carboxylic acids is 1. The van der Waals surface area contributed by atoms with Crippen molar-refractivity contribution in [2.45, 2.75) is 25.8 Å². The molecule has 0 fully saturated rings. The number of alkyl halides is 2. The number of carbonyl (C=O) groups is 1. The maximum atomic E-state index is 12.0. The van der Waals surface area contributed by atoms with Gasteiger partial charge in [-0.2, -0.15) is 0 Å². The maximum absolute atomic E-state index is 12.0. The number of fused-ring (bicyclic) bond motifs is 1. The van der Waals surface area contributed by atoms with Crippen molar-refractivity contribution in [3.05, 3.63) is 22.8 Å². The summed E-state index contributed by atoms with van der Waals surface area (Å²) in [5.41, 5.74) is 1.80. The fourth-order valence-electron chi connectivity index (χ4n) is 2.12. The Morgan fingerprint density at radius 1 is 1.43 bits per heavy atom. The lowest BCUT2D eigenvalue weighted by Crippen LogP contribution is -2.28. The van der Waals surface area contributed by atoms with E-state index in [0.717, 1.165) is 17.8 Å². The van der Waals surface area contributed by atoms with Gasteiger partial charge in [0.1, 0.15) is 12.4 Å². The largest absolute Gasteiger partial charge is 0.464 e. The van der Waals surface area contributed by atoms with Crippen LogP contribution in [0.5, 0.6) is 0 Å². The van der Waals surface area contributed by atoms with Crippen molar-refractivity contribution in [2.24, 2.45) is 0 Å². The minimum Gasteiger partial charge on any atom is -0.464 e. The molecule has 0 bridgehead atoms. The molecule has 2 heterocycles. The fraction of sp³-hybridized carbons (Fsp3) is 0.615. The number of aromatic nitrogens is 2. The van der Waals surface area contributed by atoms with Gasteiger partial charge in [-0.05, 0) is 13.0 Å². The number of methoxy groups -OCH3 is 1. The highest BCUT2D eigenvalue weighted by molar-refractivity contribution is 5.89. The summed E-state index contributed by atoms with van der Waals surface area (Å²) < 4.78 is 33.5. The van der Waals surface area contributed by atoms with Gasteiger partial charge >= 0.3 is 5.97 Å². The van der Waals surface area contributed by atoms with Gasteiger partial charge in [-0.1, -0.05) is 0 Å². The third-order valence-corrected chi connectivity index (χ3v) is 3.08. The SMILES string of the molecule is COC(=O)c1nc(CCOCC(F)F)nc2c1CCNC2. The monoisotopic (exact) mass is 301 g/mol. The zero-order chi connectivity index (χ0) is 15.2. The topological polar surface area (TPSA) is 73.3 Å². The van der Waals surface area contributed by atoms with Gasteiger partial charge in [0.2, 0.25) is 0 Å². The molecule has 0 unspecified atom stereocenters. The zero-order valence-electron chi connectivity index (χ0n) is 11.7. The first-order valence-electron chi connectivity index (χ1n) is 6.65. The normalized spacial score (nSPS) is 14.1. The van der Waals surface area contributed by atoms with Crippen LogP contribution in [-0.2, 0) is 28.9 Å². The molecular formula is C13H17F2N3O3. The third-order valence-electron chi connectivity index (χ3n) is 3.08. The van der Waals surface area contributed by atoms with Crippen LogP contribution in [-0.4, -0.2) is 49.2 Å². The van der Waals surface area contributed by atoms with Crippen molar-refractivity contribution in [1.82, 2.24) is 15.3 Å². The summed E-state index contributed by atoms with van der Waals surface area (Å²) in [7, 11) is 1.29. The van der Waals surface area contributed by atoms with Crippen LogP contribution in [0.2, 0.25) is 0 Å². The molecule has 0 radical (unpaired) electrons. The number of hydrogen-bond donors (Lipinski definition) is 1. The van der Waals surface area contributed by atoms with Crippen molar-refractivity contribution in [3.63, 3.8) is 0 Å². The molecule has 116 valence electrons. The van der Waals surface area contributed by atoms with Gasteiger partial charge < -0.3 is 14.8 Å². The lowest BCUT2D eigenvalue weighted by atomic mass is 10.0. The number of nitrogens with zero attached hydrogens (tertiary/aromatic N) is 2. The predicted molar refractivity (Wildman–Crippen MR) is 69.3 cm³/mol. The van der Waals surface area contributed by atoms with Crippen LogP contribution in [0.3, 0.4) is 0 Å². The Balaban J connectivity index is 2.13. The summed E-state index contributed by atoms with van der Waals surface area (Å²) in [5.74, 6) is -0.114. The second kappa shape index (κ2) is 7.37. The van der Waals surface area contributed by atoms with Gasteiger partial charge in [0.15, 0.2) is 5.69 Å². The van der Waals surface area contributed by atoms with Gasteiger partial charge in [0.25, 0.3) is 6.43 Å². The van der Waals surface area contributed by atoms with Gasteiger partial charge in [0.05, 0.1) is 19.4 Å². The molecule has 0 amide bonds. The van der Waals surface area contributed by atoms with Crippen molar-refractivity contribution in [3.8, 4) is 0 Å². The molecule has 1 aromatic rings. The summed E-state index contributed by atoms with van der Waals surface area (Å²) >= 11 is 0. The lowest BCUT2D eigenvalue weighted by molar-refractivity contribution is 0.0182. The average Bonchev–Trinajstić information content (AvgIpc) is 2.49. The summed E-state index contributed by atoms with van der Waals surface area (Å²) in [6.07, 6.45) is -1.57. The van der Waals surface area contributed by atoms with Crippen LogP contribution in [0, 0.1) is 0 Å². The van der Waals surface area contributed by atoms with E-state index >= 15 is 0 Å². The molecule has 0 saturated heterocycles. The smallest absolute Gasteiger partial charge is 0.357 e. The number of ether oxygens (including phenoxy) is 2. The minimum atomic E-state index is -2.50. The van der Waals surface area contributed by atoms with Gasteiger partial charge in [0, 0.05) is 18.5 Å². The van der Waals surface area contributed by atoms with E-state index in [0.29, 0.717) is 18.8 Å². The molecule has 1 aliphatic rings. The lowest BCUT2D eigenvalue weighted by Gasteiger charge is -2.19. The van der Waals surface area contributed by atoms with Crippen LogP contribution in [0.25, 0.3) is 0 Å². The van der Waals surface area contributed by atoms with Gasteiger partial charge in [-0.15, -0.1) is 0 Å². The first-order chi connectivity index (χ1) is 10.1. The van der Waals surface area contributed by atoms with Crippen LogP contribution in [0.1, 0.15) is 27.6 Å². The summed E-state index contributed by atoms with van der Waals surface area (Å²) in [6, 6.07) is 0. The molecular weight excluding hydrogens is 284 g/mol. The molecule has 21 heavy (non-hydrogen) atoms. The Bertz CT molecular complexity index is 512. The standard InChI is InChI=1S/C13H17F2N3O3/c1-20-13(19)12-8-2-4-16-6-9(8)17-11(18-12)3-5-21-7-10(14)15/h10,16H,2-7H2,1H3. The highest BCUT2D eigenvalue weighted by Crippen LogP contribution is 2.17. The molecule has 0 aliphatic carbocycles. The van der Waals surface area contributed by atoms with Crippen molar-refractivity contribution >= 4 is 5.97 Å². The van der Waals surface area contributed by atoms with E-state index in [1.165, 1.54) is 7.11 Å². The molecule has 0 spiro atoms. The van der Waals surface area contributed by atoms with E-state index < -0.39 is 19.0 Å². The Kier molecular flexibility index (Phi) is 5.51. The van der Waals surface area contributed by atoms with E-state index in [4.69, 9.17) is 9.47 Å². The highest BCUT2D eigenvalue weighted by Gasteiger charge is 2.22. The van der Waals surface area contributed by atoms with Crippen molar-refractivity contribution in [2.75, 3.05) is 26.9 Å². The molecule has 8 heteroatoms. The molecule has 0 atom stereocenters. The Hall–Kier alpha value is -1.67. The van der Waals surface area contributed by atoms with E-state index in [2.05, 4.69) is 15.3 Å². The molecule has 6 nitrogen and oxygen atoms in total. The number of rotatable bonds is 6. The van der Waals surface area contributed by atoms with Crippen LogP contribution in [0.4, 0.5) is 8.78 Å². The second-order valence-corrected chi connectivity index (χ2v) is 4.55. The van der Waals surface area contributed by atoms with E-state index in [1.807, 2.05) is 0 Å². The van der Waals surface area contributed by atoms with Gasteiger partial charge in [-0.25, -0.2) is 23.5 Å². The number of esters is 1. The number of nitrogens with one attached hydrogen (secondary N) is 1. The summed E-state index contributed by atoms with van der Waals surface area (Å²) in [5, 5.41) is 3.16. The Morgan fingerprint density at radius 3 is 2.95 bits per heavy atom. The zero-order valence-corrected chi connectivity index (χ0v) is 11.7. The quantitative estimate of drug-likeness (QED) is 0.617. The molecule has 1 aromatic heterocycles. The van der Waals surface area contributed by atoms with Crippen LogP contribution in [0.15, 0.2) is 0 Å². The van der Waals surface area contributed by atoms with E-state index in [-0.39, 0.29) is 18.7 Å². The first kappa shape index (κ1) is 15.7. The fourth-order valence-corrected chi connectivity index (χ4v) is 2.12. The van der Waals surface area contributed by atoms with E-state index in [1.54, 1.807) is 0 Å². The van der Waals surface area contributed by atoms with Crippen molar-refractivity contribution < 1.29 is 23.0 Å². The highest BCUT2D eigenvalue weighted by atomic mass is 19.3. The van der Waals surface area contributed by atoms with E-state index in [9.17, 15) is 13.6 Å². The molecule has 2 rings (SSSR count). The molecule has 0 aromatic carbocycles. The number of halogens is 2. The summed E-state index contributed by atoms with van der Waals surface area (Å²) in [4.78, 5) is 20.3. The minimum absolute atomic E-state index is 0.0805. The van der Waals surface area contributed by atoms with Crippen LogP contribution < -0.4 is 5.32 Å². The van der Waals surface area contributed by atoms with Crippen LogP contribution >= 0.6 is 0 Å². The maximum Gasteiger partial charge on any atom is 0.357 e. The molecule has 1 N–H and O–H groups in total. The predicted octanol–water partition coefficient (Wildman–Crippen LogP) is 0.733. The second-order valence-electron chi connectivity index (χ2n) is 4.55. The van der Waals surface area contributed by atoms with Crippen molar-refractivity contribution in [1.29, 1.82) is 0 Å². The first-order valence-corrected chi connectivity index (χ1v) is 6.65. The summed E-state index contributed by atoms with van der Waals surface area (Å²) in [6.45, 7) is 0.761. The van der Waals surface area contributed by atoms with Gasteiger partial charge in [-0.3, -0.25) is 0 Å². The Morgan fingerprint density at radius 2 is 2.24 bits per heavy atom. The average molecular weight is 301 g/mol. The molecule has 1 aliphatic heterocycles. The number of hydrogen-bond acceptors (Lipinski definition) is 6. The third kappa shape index (κ3) is 4.15. The Labute approximate surface area is 120 Å². The molecule has 0 saturated carbocycles.